The van der Waals surface area contributed by atoms with Crippen LogP contribution in [0.4, 0.5) is 0 Å². The van der Waals surface area contributed by atoms with Gasteiger partial charge in [-0.15, -0.1) is 0 Å². The fourth-order valence-corrected chi connectivity index (χ4v) is 4.23. The molecule has 3 aromatic carbocycles. The lowest BCUT2D eigenvalue weighted by atomic mass is 10.0. The van der Waals surface area contributed by atoms with Crippen LogP contribution in [0.5, 0.6) is 5.75 Å². The van der Waals surface area contributed by atoms with Gasteiger partial charge in [0.05, 0.1) is 34.9 Å². The zero-order valence-corrected chi connectivity index (χ0v) is 18.2. The fourth-order valence-electron chi connectivity index (χ4n) is 3.78. The number of ether oxygens (including phenoxy) is 1. The number of fused-ring (bicyclic) bond motifs is 2. The minimum atomic E-state index is -0.578. The molecule has 158 valence electrons. The van der Waals surface area contributed by atoms with Gasteiger partial charge in [0.1, 0.15) is 5.75 Å². The molecule has 0 spiro atoms. The lowest BCUT2D eigenvalue weighted by Crippen LogP contribution is -2.33. The van der Waals surface area contributed by atoms with Crippen molar-refractivity contribution in [3.05, 3.63) is 97.9 Å². The molecule has 2 heterocycles. The van der Waals surface area contributed by atoms with Gasteiger partial charge in [0.25, 0.3) is 5.56 Å². The van der Waals surface area contributed by atoms with Crippen molar-refractivity contribution in [2.45, 2.75) is 0 Å². The zero-order chi connectivity index (χ0) is 22.4. The van der Waals surface area contributed by atoms with E-state index in [2.05, 4.69) is 9.97 Å². The second-order valence-electron chi connectivity index (χ2n) is 7.17. The van der Waals surface area contributed by atoms with Crippen molar-refractivity contribution < 1.29 is 4.74 Å². The largest absolute Gasteiger partial charge is 0.497 e. The molecule has 0 atom stereocenters. The second kappa shape index (κ2) is 7.82. The van der Waals surface area contributed by atoms with Crippen molar-refractivity contribution in [3.63, 3.8) is 0 Å². The third-order valence-corrected chi connectivity index (χ3v) is 6.01. The van der Waals surface area contributed by atoms with E-state index >= 15 is 0 Å². The number of aromatic amines is 1. The molecule has 0 aliphatic carbocycles. The topological polar surface area (TPSA) is 77.0 Å². The van der Waals surface area contributed by atoms with Crippen molar-refractivity contribution >= 4 is 44.9 Å². The second-order valence-corrected chi connectivity index (χ2v) is 7.98. The van der Waals surface area contributed by atoms with Gasteiger partial charge in [0.2, 0.25) is 0 Å². The lowest BCUT2D eigenvalue weighted by Gasteiger charge is -2.11. The van der Waals surface area contributed by atoms with Gasteiger partial charge in [-0.1, -0.05) is 41.4 Å². The molecule has 1 N–H and O–H groups in total. The summed E-state index contributed by atoms with van der Waals surface area (Å²) in [5.74, 6) is 0.649. The lowest BCUT2D eigenvalue weighted by molar-refractivity contribution is 0.415. The average Bonchev–Trinajstić information content (AvgIpc) is 2.79. The Labute approximate surface area is 191 Å². The molecule has 0 aliphatic heterocycles. The minimum absolute atomic E-state index is 0.353. The Morgan fingerprint density at radius 2 is 1.75 bits per heavy atom. The number of hydrogen-bond acceptors (Lipinski definition) is 4. The zero-order valence-electron chi connectivity index (χ0n) is 16.7. The molecule has 2 aromatic heterocycles. The normalized spacial score (nSPS) is 11.2. The van der Waals surface area contributed by atoms with Crippen LogP contribution in [0.3, 0.4) is 0 Å². The van der Waals surface area contributed by atoms with Crippen molar-refractivity contribution in [2.75, 3.05) is 7.11 Å². The molecule has 0 radical (unpaired) electrons. The maximum Gasteiger partial charge on any atom is 0.333 e. The van der Waals surface area contributed by atoms with E-state index in [1.807, 2.05) is 0 Å². The van der Waals surface area contributed by atoms with E-state index in [1.165, 1.54) is 6.20 Å². The summed E-state index contributed by atoms with van der Waals surface area (Å²) < 4.78 is 6.36. The number of aromatic nitrogens is 3. The number of pyridine rings is 1. The van der Waals surface area contributed by atoms with Crippen LogP contribution in [-0.2, 0) is 0 Å². The SMILES string of the molecule is COc1ccc(Cl)c(-c2ccc3c(=O)n(-c4cncc5c(Cl)cccc45)c(=O)[nH]c3c2)c1. The molecule has 0 amide bonds. The average molecular weight is 464 g/mol. The summed E-state index contributed by atoms with van der Waals surface area (Å²) in [6, 6.07) is 15.8. The van der Waals surface area contributed by atoms with E-state index in [-0.39, 0.29) is 0 Å². The van der Waals surface area contributed by atoms with E-state index in [0.29, 0.717) is 43.2 Å². The Bertz CT molecular complexity index is 1640. The van der Waals surface area contributed by atoms with Crippen LogP contribution in [0, 0.1) is 0 Å². The summed E-state index contributed by atoms with van der Waals surface area (Å²) in [7, 11) is 1.57. The summed E-state index contributed by atoms with van der Waals surface area (Å²) in [6.45, 7) is 0. The number of H-pyrrole nitrogens is 1. The van der Waals surface area contributed by atoms with Crippen LogP contribution >= 0.6 is 23.2 Å². The summed E-state index contributed by atoms with van der Waals surface area (Å²) in [5.41, 5.74) is 1.20. The highest BCUT2D eigenvalue weighted by atomic mass is 35.5. The third-order valence-electron chi connectivity index (χ3n) is 5.35. The Kier molecular flexibility index (Phi) is 4.96. The van der Waals surface area contributed by atoms with Crippen molar-refractivity contribution in [1.82, 2.24) is 14.5 Å². The molecular weight excluding hydrogens is 449 g/mol. The van der Waals surface area contributed by atoms with Crippen LogP contribution in [-0.4, -0.2) is 21.6 Å². The summed E-state index contributed by atoms with van der Waals surface area (Å²) in [6.07, 6.45) is 3.08. The Morgan fingerprint density at radius 3 is 2.56 bits per heavy atom. The van der Waals surface area contributed by atoms with E-state index in [9.17, 15) is 9.59 Å². The third kappa shape index (κ3) is 3.25. The molecule has 8 heteroatoms. The predicted octanol–water partition coefficient (Wildman–Crippen LogP) is 5.21. The van der Waals surface area contributed by atoms with Gasteiger partial charge >= 0.3 is 5.69 Å². The molecule has 32 heavy (non-hydrogen) atoms. The number of rotatable bonds is 3. The Hall–Kier alpha value is -3.61. The molecular formula is C24H15Cl2N3O3. The molecule has 6 nitrogen and oxygen atoms in total. The predicted molar refractivity (Wildman–Crippen MR) is 127 cm³/mol. The maximum absolute atomic E-state index is 13.3. The van der Waals surface area contributed by atoms with Gasteiger partial charge in [-0.3, -0.25) is 9.78 Å². The molecule has 5 aromatic rings. The van der Waals surface area contributed by atoms with Crippen LogP contribution in [0.25, 0.3) is 38.5 Å². The highest BCUT2D eigenvalue weighted by Gasteiger charge is 2.15. The number of halogens is 2. The Morgan fingerprint density at radius 1 is 0.906 bits per heavy atom. The molecule has 0 fully saturated rings. The Balaban J connectivity index is 1.75. The molecule has 0 saturated carbocycles. The first-order valence-electron chi connectivity index (χ1n) is 9.63. The number of nitrogens with one attached hydrogen (secondary N) is 1. The quantitative estimate of drug-likeness (QED) is 0.398. The first kappa shape index (κ1) is 20.3. The van der Waals surface area contributed by atoms with Crippen LogP contribution in [0.2, 0.25) is 10.0 Å². The number of methoxy groups -OCH3 is 1. The number of hydrogen-bond donors (Lipinski definition) is 1. The highest BCUT2D eigenvalue weighted by Crippen LogP contribution is 2.32. The summed E-state index contributed by atoms with van der Waals surface area (Å²) >= 11 is 12.6. The van der Waals surface area contributed by atoms with Crippen molar-refractivity contribution in [1.29, 1.82) is 0 Å². The van der Waals surface area contributed by atoms with Crippen LogP contribution in [0.15, 0.2) is 76.6 Å². The van der Waals surface area contributed by atoms with Gasteiger partial charge in [0.15, 0.2) is 0 Å². The first-order valence-corrected chi connectivity index (χ1v) is 10.4. The van der Waals surface area contributed by atoms with Gasteiger partial charge < -0.3 is 9.72 Å². The minimum Gasteiger partial charge on any atom is -0.497 e. The maximum atomic E-state index is 13.3. The van der Waals surface area contributed by atoms with Gasteiger partial charge in [0, 0.05) is 27.6 Å². The molecule has 0 saturated heterocycles. The number of benzene rings is 3. The highest BCUT2D eigenvalue weighted by molar-refractivity contribution is 6.35. The summed E-state index contributed by atoms with van der Waals surface area (Å²) in [4.78, 5) is 33.3. The van der Waals surface area contributed by atoms with E-state index < -0.39 is 11.2 Å². The van der Waals surface area contributed by atoms with Crippen molar-refractivity contribution in [3.8, 4) is 22.6 Å². The van der Waals surface area contributed by atoms with Crippen LogP contribution < -0.4 is 16.0 Å². The van der Waals surface area contributed by atoms with Crippen LogP contribution in [0.1, 0.15) is 0 Å². The summed E-state index contributed by atoms with van der Waals surface area (Å²) in [5, 5.41) is 2.67. The molecule has 0 bridgehead atoms. The van der Waals surface area contributed by atoms with Gasteiger partial charge in [-0.2, -0.15) is 0 Å². The van der Waals surface area contributed by atoms with E-state index in [1.54, 1.807) is 67.9 Å². The van der Waals surface area contributed by atoms with Gasteiger partial charge in [-0.05, 0) is 42.0 Å². The molecule has 5 rings (SSSR count). The monoisotopic (exact) mass is 463 g/mol. The number of nitrogens with zero attached hydrogens (tertiary/aromatic N) is 2. The molecule has 0 aliphatic rings. The standard InChI is InChI=1S/C24H15Cl2N3O3/c1-32-14-6-8-20(26)17(10-14)13-5-7-16-21(9-13)28-24(31)29(23(16)30)22-12-27-11-18-15(22)3-2-4-19(18)25/h2-12H,1H3,(H,28,31). The van der Waals surface area contributed by atoms with E-state index in [0.717, 1.165) is 15.7 Å². The van der Waals surface area contributed by atoms with Crippen molar-refractivity contribution in [2.24, 2.45) is 0 Å². The molecule has 0 unspecified atom stereocenters. The first-order chi connectivity index (χ1) is 15.5. The fraction of sp³-hybridized carbons (Fsp3) is 0.0417. The van der Waals surface area contributed by atoms with E-state index in [4.69, 9.17) is 27.9 Å². The smallest absolute Gasteiger partial charge is 0.333 e. The van der Waals surface area contributed by atoms with Gasteiger partial charge in [-0.25, -0.2) is 9.36 Å².